The number of aromatic nitrogens is 1. The second-order valence-corrected chi connectivity index (χ2v) is 5.22. The first-order valence-corrected chi connectivity index (χ1v) is 7.10. The Balaban J connectivity index is 2.00. The summed E-state index contributed by atoms with van der Waals surface area (Å²) in [6, 6.07) is 11.6. The minimum atomic E-state index is 0.0491. The summed E-state index contributed by atoms with van der Waals surface area (Å²) < 4.78 is 5.84. The summed E-state index contributed by atoms with van der Waals surface area (Å²) >= 11 is 6.22. The number of pyridine rings is 1. The second kappa shape index (κ2) is 7.27. The van der Waals surface area contributed by atoms with Gasteiger partial charge in [0.1, 0.15) is 5.75 Å². The molecule has 2 rings (SSSR count). The maximum absolute atomic E-state index is 6.22. The molecule has 0 aliphatic rings. The minimum absolute atomic E-state index is 0.0491. The van der Waals surface area contributed by atoms with Crippen LogP contribution in [0.4, 0.5) is 0 Å². The Hall–Kier alpha value is -1.58. The molecule has 1 aromatic carbocycles. The summed E-state index contributed by atoms with van der Waals surface area (Å²) in [4.78, 5) is 4.27. The number of nitrogens with two attached hydrogens (primary N) is 1. The molecule has 2 N–H and O–H groups in total. The lowest BCUT2D eigenvalue weighted by molar-refractivity contribution is 0.316. The van der Waals surface area contributed by atoms with Gasteiger partial charge >= 0.3 is 0 Å². The maximum atomic E-state index is 6.22. The molecule has 0 aliphatic carbocycles. The fourth-order valence-electron chi connectivity index (χ4n) is 2.01. The van der Waals surface area contributed by atoms with Crippen molar-refractivity contribution in [2.45, 2.75) is 25.8 Å². The first-order chi connectivity index (χ1) is 9.66. The molecular weight excluding hydrogens is 272 g/mol. The molecule has 106 valence electrons. The van der Waals surface area contributed by atoms with E-state index in [2.05, 4.69) is 4.98 Å². The number of halogens is 1. The van der Waals surface area contributed by atoms with Crippen LogP contribution < -0.4 is 10.5 Å². The van der Waals surface area contributed by atoms with Crippen LogP contribution in [-0.4, -0.2) is 17.6 Å². The molecule has 1 aromatic heterocycles. The highest BCUT2D eigenvalue weighted by molar-refractivity contribution is 6.31. The Bertz CT molecular complexity index is 543. The molecule has 1 heterocycles. The van der Waals surface area contributed by atoms with E-state index in [-0.39, 0.29) is 6.04 Å². The highest BCUT2D eigenvalue weighted by Crippen LogP contribution is 2.27. The Morgan fingerprint density at radius 2 is 2.10 bits per heavy atom. The monoisotopic (exact) mass is 290 g/mol. The van der Waals surface area contributed by atoms with Crippen molar-refractivity contribution in [3.8, 4) is 5.75 Å². The van der Waals surface area contributed by atoms with Crippen molar-refractivity contribution in [3.05, 3.63) is 58.9 Å². The lowest BCUT2D eigenvalue weighted by atomic mass is 10.1. The van der Waals surface area contributed by atoms with Gasteiger partial charge < -0.3 is 10.5 Å². The molecule has 2 aromatic rings. The fraction of sp³-hybridized carbons (Fsp3) is 0.312. The number of hydrogen-bond donors (Lipinski definition) is 1. The average molecular weight is 291 g/mol. The van der Waals surface area contributed by atoms with Crippen molar-refractivity contribution in [2.24, 2.45) is 5.73 Å². The molecule has 0 saturated heterocycles. The van der Waals surface area contributed by atoms with Crippen molar-refractivity contribution >= 4 is 11.6 Å². The van der Waals surface area contributed by atoms with Gasteiger partial charge in [0.05, 0.1) is 6.61 Å². The molecule has 1 atom stereocenters. The maximum Gasteiger partial charge on any atom is 0.124 e. The van der Waals surface area contributed by atoms with Gasteiger partial charge in [0.25, 0.3) is 0 Å². The summed E-state index contributed by atoms with van der Waals surface area (Å²) in [7, 11) is 0. The topological polar surface area (TPSA) is 48.1 Å². The Kier molecular flexibility index (Phi) is 5.39. The van der Waals surface area contributed by atoms with Gasteiger partial charge in [-0.25, -0.2) is 0 Å². The van der Waals surface area contributed by atoms with E-state index in [0.29, 0.717) is 18.1 Å². The number of rotatable bonds is 6. The highest BCUT2D eigenvalue weighted by Gasteiger charge is 2.10. The predicted octanol–water partition coefficient (Wildman–Crippen LogP) is 3.25. The zero-order valence-electron chi connectivity index (χ0n) is 11.6. The van der Waals surface area contributed by atoms with Crippen molar-refractivity contribution in [1.29, 1.82) is 0 Å². The van der Waals surface area contributed by atoms with Crippen molar-refractivity contribution in [3.63, 3.8) is 0 Å². The number of hydrogen-bond acceptors (Lipinski definition) is 3. The highest BCUT2D eigenvalue weighted by atomic mass is 35.5. The van der Waals surface area contributed by atoms with Crippen molar-refractivity contribution < 1.29 is 4.74 Å². The molecule has 0 amide bonds. The quantitative estimate of drug-likeness (QED) is 0.888. The van der Waals surface area contributed by atoms with E-state index in [4.69, 9.17) is 22.1 Å². The summed E-state index contributed by atoms with van der Waals surface area (Å²) in [5.41, 5.74) is 7.85. The third kappa shape index (κ3) is 4.22. The van der Waals surface area contributed by atoms with E-state index in [1.165, 1.54) is 0 Å². The predicted molar refractivity (Wildman–Crippen MR) is 82.2 cm³/mol. The summed E-state index contributed by atoms with van der Waals surface area (Å²) in [5, 5.41) is 0.706. The van der Waals surface area contributed by atoms with Crippen LogP contribution in [0.3, 0.4) is 0 Å². The Labute approximate surface area is 124 Å². The molecule has 3 nitrogen and oxygen atoms in total. The van der Waals surface area contributed by atoms with Gasteiger partial charge in [0, 0.05) is 34.9 Å². The van der Waals surface area contributed by atoms with Gasteiger partial charge in [-0.1, -0.05) is 23.7 Å². The number of ether oxygens (including phenoxy) is 1. The van der Waals surface area contributed by atoms with E-state index in [1.54, 1.807) is 6.20 Å². The van der Waals surface area contributed by atoms with E-state index in [1.807, 2.05) is 43.3 Å². The molecule has 0 spiro atoms. The van der Waals surface area contributed by atoms with Crippen LogP contribution in [0.1, 0.15) is 18.2 Å². The normalized spacial score (nSPS) is 12.2. The van der Waals surface area contributed by atoms with Gasteiger partial charge in [-0.3, -0.25) is 4.98 Å². The lowest BCUT2D eigenvalue weighted by Gasteiger charge is -2.14. The second-order valence-electron chi connectivity index (χ2n) is 4.82. The first-order valence-electron chi connectivity index (χ1n) is 6.72. The number of benzene rings is 1. The van der Waals surface area contributed by atoms with Crippen LogP contribution in [-0.2, 0) is 12.8 Å². The zero-order chi connectivity index (χ0) is 14.4. The zero-order valence-corrected chi connectivity index (χ0v) is 12.3. The molecule has 20 heavy (non-hydrogen) atoms. The molecular formula is C16H19ClN2O. The van der Waals surface area contributed by atoms with Crippen LogP contribution in [0.5, 0.6) is 5.75 Å². The van der Waals surface area contributed by atoms with Crippen LogP contribution in [0.15, 0.2) is 42.6 Å². The molecule has 1 unspecified atom stereocenters. The van der Waals surface area contributed by atoms with Gasteiger partial charge in [0.15, 0.2) is 0 Å². The first kappa shape index (κ1) is 14.8. The molecule has 0 saturated carbocycles. The average Bonchev–Trinajstić information content (AvgIpc) is 2.43. The lowest BCUT2D eigenvalue weighted by Crippen LogP contribution is -2.18. The Morgan fingerprint density at radius 3 is 2.80 bits per heavy atom. The minimum Gasteiger partial charge on any atom is -0.493 e. The third-order valence-electron chi connectivity index (χ3n) is 2.94. The van der Waals surface area contributed by atoms with Gasteiger partial charge in [-0.15, -0.1) is 0 Å². The molecule has 0 radical (unpaired) electrons. The molecule has 0 bridgehead atoms. The largest absolute Gasteiger partial charge is 0.493 e. The standard InChI is InChI=1S/C16H19ClN2O/c1-12(18)11-14-15(17)6-4-7-16(14)20-10-8-13-5-2-3-9-19-13/h2-7,9,12H,8,10-11,18H2,1H3. The van der Waals surface area contributed by atoms with E-state index >= 15 is 0 Å². The van der Waals surface area contributed by atoms with Crippen LogP contribution in [0, 0.1) is 0 Å². The molecule has 4 heteroatoms. The molecule has 0 aliphatic heterocycles. The van der Waals surface area contributed by atoms with E-state index in [9.17, 15) is 0 Å². The van der Waals surface area contributed by atoms with E-state index in [0.717, 1.165) is 23.4 Å². The van der Waals surface area contributed by atoms with Gasteiger partial charge in [0.2, 0.25) is 0 Å². The van der Waals surface area contributed by atoms with Crippen LogP contribution in [0.2, 0.25) is 5.02 Å². The van der Waals surface area contributed by atoms with Gasteiger partial charge in [-0.2, -0.15) is 0 Å². The van der Waals surface area contributed by atoms with E-state index < -0.39 is 0 Å². The molecule has 0 fully saturated rings. The summed E-state index contributed by atoms with van der Waals surface area (Å²) in [5.74, 6) is 0.811. The van der Waals surface area contributed by atoms with Gasteiger partial charge in [-0.05, 0) is 37.6 Å². The summed E-state index contributed by atoms with van der Waals surface area (Å²) in [6.07, 6.45) is 3.26. The fourth-order valence-corrected chi connectivity index (χ4v) is 2.25. The van der Waals surface area contributed by atoms with Crippen LogP contribution >= 0.6 is 11.6 Å². The SMILES string of the molecule is CC(N)Cc1c(Cl)cccc1OCCc1ccccn1. The van der Waals surface area contributed by atoms with Crippen molar-refractivity contribution in [2.75, 3.05) is 6.61 Å². The third-order valence-corrected chi connectivity index (χ3v) is 3.30. The number of nitrogens with zero attached hydrogens (tertiary/aromatic N) is 1. The van der Waals surface area contributed by atoms with Crippen molar-refractivity contribution in [1.82, 2.24) is 4.98 Å². The summed E-state index contributed by atoms with van der Waals surface area (Å²) in [6.45, 7) is 2.53. The van der Waals surface area contributed by atoms with Crippen LogP contribution in [0.25, 0.3) is 0 Å². The smallest absolute Gasteiger partial charge is 0.124 e. The Morgan fingerprint density at radius 1 is 1.25 bits per heavy atom.